The molecule has 0 radical (unpaired) electrons. The topological polar surface area (TPSA) is 54.9 Å². The number of hydrogen-bond acceptors (Lipinski definition) is 3. The molecule has 2 N–H and O–H groups in total. The first-order valence-electron chi connectivity index (χ1n) is 9.76. The lowest BCUT2D eigenvalue weighted by molar-refractivity contribution is -0.168. The molecule has 0 amide bonds. The molecule has 0 aromatic heterocycles. The molecular formula is C19H36IN3O2. The minimum absolute atomic E-state index is 0. The molecular weight excluding hydrogens is 429 g/mol. The van der Waals surface area contributed by atoms with Gasteiger partial charge in [0.25, 0.3) is 0 Å². The third-order valence-electron chi connectivity index (χ3n) is 6.85. The van der Waals surface area contributed by atoms with Crippen molar-refractivity contribution in [3.63, 3.8) is 0 Å². The van der Waals surface area contributed by atoms with E-state index in [4.69, 9.17) is 9.47 Å². The summed E-state index contributed by atoms with van der Waals surface area (Å²) in [6, 6.07) is 0.519. The normalized spacial score (nSPS) is 29.0. The molecule has 6 heteroatoms. The highest BCUT2D eigenvalue weighted by atomic mass is 127. The highest BCUT2D eigenvalue weighted by Gasteiger charge is 2.59. The monoisotopic (exact) mass is 465 g/mol. The molecule has 0 aliphatic heterocycles. The van der Waals surface area contributed by atoms with Crippen LogP contribution in [0, 0.1) is 10.8 Å². The molecule has 0 aromatic rings. The summed E-state index contributed by atoms with van der Waals surface area (Å²) in [5.74, 6) is 0.963. The minimum atomic E-state index is 0. The van der Waals surface area contributed by atoms with Gasteiger partial charge >= 0.3 is 0 Å². The maximum atomic E-state index is 5.95. The second kappa shape index (κ2) is 9.22. The molecule has 3 saturated carbocycles. The van der Waals surface area contributed by atoms with Crippen LogP contribution < -0.4 is 10.6 Å². The van der Waals surface area contributed by atoms with Crippen molar-refractivity contribution in [1.82, 2.24) is 10.6 Å². The summed E-state index contributed by atoms with van der Waals surface area (Å²) in [6.07, 6.45) is 10.6. The van der Waals surface area contributed by atoms with Crippen LogP contribution in [-0.4, -0.2) is 52.0 Å². The Bertz CT molecular complexity index is 450. The van der Waals surface area contributed by atoms with E-state index in [-0.39, 0.29) is 24.0 Å². The fraction of sp³-hybridized carbons (Fsp3) is 0.947. The third kappa shape index (κ3) is 4.26. The molecule has 0 heterocycles. The van der Waals surface area contributed by atoms with Crippen LogP contribution >= 0.6 is 24.0 Å². The summed E-state index contributed by atoms with van der Waals surface area (Å²) >= 11 is 0. The predicted octanol–water partition coefficient (Wildman–Crippen LogP) is 3.32. The molecule has 3 aliphatic rings. The Morgan fingerprint density at radius 2 is 1.92 bits per heavy atom. The van der Waals surface area contributed by atoms with Crippen molar-refractivity contribution in [2.75, 3.05) is 33.9 Å². The molecule has 146 valence electrons. The smallest absolute Gasteiger partial charge is 0.191 e. The number of rotatable bonds is 8. The third-order valence-corrected chi connectivity index (χ3v) is 6.85. The Morgan fingerprint density at radius 1 is 1.20 bits per heavy atom. The van der Waals surface area contributed by atoms with Crippen LogP contribution in [0.4, 0.5) is 0 Å². The molecule has 1 spiro atoms. The van der Waals surface area contributed by atoms with Gasteiger partial charge in [-0.3, -0.25) is 4.99 Å². The van der Waals surface area contributed by atoms with Crippen LogP contribution in [0.1, 0.15) is 58.3 Å². The fourth-order valence-corrected chi connectivity index (χ4v) is 4.78. The van der Waals surface area contributed by atoms with Crippen molar-refractivity contribution in [3.05, 3.63) is 0 Å². The van der Waals surface area contributed by atoms with Gasteiger partial charge in [-0.15, -0.1) is 24.0 Å². The summed E-state index contributed by atoms with van der Waals surface area (Å²) < 4.78 is 11.2. The van der Waals surface area contributed by atoms with Crippen molar-refractivity contribution < 1.29 is 9.47 Å². The molecule has 2 atom stereocenters. The second-order valence-corrected chi connectivity index (χ2v) is 7.99. The number of methoxy groups -OCH3 is 1. The van der Waals surface area contributed by atoms with Crippen molar-refractivity contribution in [1.29, 1.82) is 0 Å². The number of hydrogen-bond donors (Lipinski definition) is 2. The van der Waals surface area contributed by atoms with E-state index in [2.05, 4.69) is 22.5 Å². The highest BCUT2D eigenvalue weighted by molar-refractivity contribution is 14.0. The zero-order valence-corrected chi connectivity index (χ0v) is 18.4. The average molecular weight is 465 g/mol. The van der Waals surface area contributed by atoms with E-state index in [9.17, 15) is 0 Å². The van der Waals surface area contributed by atoms with E-state index >= 15 is 0 Å². The van der Waals surface area contributed by atoms with Crippen molar-refractivity contribution in [2.24, 2.45) is 15.8 Å². The molecule has 3 rings (SSSR count). The molecule has 25 heavy (non-hydrogen) atoms. The molecule has 3 fully saturated rings. The SMILES string of the molecule is CCOC1CC(NC(=NC)NCC2(CCOC)CCC2)C12CCC2.I. The molecule has 0 aromatic carbocycles. The van der Waals surface area contributed by atoms with E-state index < -0.39 is 0 Å². The molecule has 3 aliphatic carbocycles. The fourth-order valence-electron chi connectivity index (χ4n) is 4.78. The number of guanidine groups is 1. The number of ether oxygens (including phenoxy) is 2. The van der Waals surface area contributed by atoms with Gasteiger partial charge < -0.3 is 20.1 Å². The summed E-state index contributed by atoms with van der Waals surface area (Å²) in [6.45, 7) is 4.79. The number of aliphatic imine (C=N–C) groups is 1. The highest BCUT2D eigenvalue weighted by Crippen LogP contribution is 2.57. The first kappa shape index (κ1) is 21.2. The molecule has 0 saturated heterocycles. The van der Waals surface area contributed by atoms with Gasteiger partial charge in [-0.25, -0.2) is 0 Å². The van der Waals surface area contributed by atoms with Crippen molar-refractivity contribution >= 4 is 29.9 Å². The van der Waals surface area contributed by atoms with Crippen LogP contribution in [0.25, 0.3) is 0 Å². The van der Waals surface area contributed by atoms with Gasteiger partial charge in [0, 0.05) is 45.4 Å². The van der Waals surface area contributed by atoms with E-state index in [1.165, 1.54) is 38.5 Å². The number of nitrogens with one attached hydrogen (secondary N) is 2. The van der Waals surface area contributed by atoms with Crippen LogP contribution in [0.2, 0.25) is 0 Å². The quantitative estimate of drug-likeness (QED) is 0.328. The maximum Gasteiger partial charge on any atom is 0.191 e. The standard InChI is InChI=1S/C19H35N3O2.HI/c1-4-24-16-13-15(19(16)9-6-10-19)22-17(20-2)21-14-18(7-5-8-18)11-12-23-3;/h15-16H,4-14H2,1-3H3,(H2,20,21,22);1H. The molecule has 0 bridgehead atoms. The van der Waals surface area contributed by atoms with Crippen LogP contribution in [0.3, 0.4) is 0 Å². The Labute approximate surface area is 170 Å². The van der Waals surface area contributed by atoms with Crippen LogP contribution in [0.5, 0.6) is 0 Å². The van der Waals surface area contributed by atoms with Gasteiger partial charge in [0.2, 0.25) is 0 Å². The molecule has 5 nitrogen and oxygen atoms in total. The van der Waals surface area contributed by atoms with Gasteiger partial charge in [0.15, 0.2) is 5.96 Å². The Morgan fingerprint density at radius 3 is 2.40 bits per heavy atom. The van der Waals surface area contributed by atoms with E-state index in [0.717, 1.165) is 38.6 Å². The summed E-state index contributed by atoms with van der Waals surface area (Å²) in [7, 11) is 3.67. The zero-order chi connectivity index (χ0) is 17.0. The summed E-state index contributed by atoms with van der Waals surface area (Å²) in [4.78, 5) is 4.47. The van der Waals surface area contributed by atoms with Gasteiger partial charge in [-0.1, -0.05) is 12.8 Å². The van der Waals surface area contributed by atoms with E-state index in [1.807, 2.05) is 7.05 Å². The second-order valence-electron chi connectivity index (χ2n) is 7.99. The Balaban J connectivity index is 0.00000225. The summed E-state index contributed by atoms with van der Waals surface area (Å²) in [5.41, 5.74) is 0.785. The number of halogens is 1. The lowest BCUT2D eigenvalue weighted by atomic mass is 9.51. The lowest BCUT2D eigenvalue weighted by Crippen LogP contribution is -2.68. The van der Waals surface area contributed by atoms with Crippen molar-refractivity contribution in [3.8, 4) is 0 Å². The maximum absolute atomic E-state index is 5.95. The largest absolute Gasteiger partial charge is 0.385 e. The van der Waals surface area contributed by atoms with Crippen LogP contribution in [-0.2, 0) is 9.47 Å². The zero-order valence-electron chi connectivity index (χ0n) is 16.1. The lowest BCUT2D eigenvalue weighted by Gasteiger charge is -2.61. The Kier molecular flexibility index (Phi) is 7.83. The van der Waals surface area contributed by atoms with Crippen LogP contribution in [0.15, 0.2) is 4.99 Å². The van der Waals surface area contributed by atoms with Gasteiger partial charge in [-0.05, 0) is 50.9 Å². The van der Waals surface area contributed by atoms with E-state index in [1.54, 1.807) is 7.11 Å². The Hall–Kier alpha value is -0.0800. The minimum Gasteiger partial charge on any atom is -0.385 e. The predicted molar refractivity (Wildman–Crippen MR) is 113 cm³/mol. The van der Waals surface area contributed by atoms with Crippen molar-refractivity contribution in [2.45, 2.75) is 70.4 Å². The van der Waals surface area contributed by atoms with E-state index in [0.29, 0.717) is 23.0 Å². The summed E-state index contributed by atoms with van der Waals surface area (Å²) in [5, 5.41) is 7.28. The van der Waals surface area contributed by atoms with Gasteiger partial charge in [-0.2, -0.15) is 0 Å². The van der Waals surface area contributed by atoms with Gasteiger partial charge in [0.1, 0.15) is 0 Å². The number of nitrogens with zero attached hydrogens (tertiary/aromatic N) is 1. The van der Waals surface area contributed by atoms with Gasteiger partial charge in [0.05, 0.1) is 6.10 Å². The first-order valence-corrected chi connectivity index (χ1v) is 9.76. The first-order chi connectivity index (χ1) is 11.7. The molecule has 2 unspecified atom stereocenters. The average Bonchev–Trinajstić information content (AvgIpc) is 2.48.